The molecule has 6 nitrogen and oxygen atoms in total. The van der Waals surface area contributed by atoms with Crippen LogP contribution in [0.2, 0.25) is 0 Å². The molecule has 140 valence electrons. The Morgan fingerprint density at radius 1 is 1.11 bits per heavy atom. The highest BCUT2D eigenvalue weighted by Crippen LogP contribution is 2.32. The van der Waals surface area contributed by atoms with Crippen LogP contribution < -0.4 is 10.6 Å². The first-order valence-corrected chi connectivity index (χ1v) is 9.05. The van der Waals surface area contributed by atoms with Gasteiger partial charge in [-0.1, -0.05) is 32.9 Å². The number of pyridine rings is 1. The Bertz CT molecular complexity index is 960. The van der Waals surface area contributed by atoms with E-state index in [-0.39, 0.29) is 11.4 Å². The number of hydrogen-bond donors (Lipinski definition) is 3. The topological polar surface area (TPSA) is 71.8 Å². The predicted octanol–water partition coefficient (Wildman–Crippen LogP) is 4.71. The van der Waals surface area contributed by atoms with Crippen LogP contribution >= 0.6 is 12.6 Å². The minimum Gasteiger partial charge on any atom is -0.307 e. The van der Waals surface area contributed by atoms with Gasteiger partial charge in [-0.2, -0.15) is 5.10 Å². The van der Waals surface area contributed by atoms with E-state index in [4.69, 9.17) is 0 Å². The second-order valence-corrected chi connectivity index (χ2v) is 7.75. The highest BCUT2D eigenvalue weighted by molar-refractivity contribution is 7.80. The standard InChI is InChI=1S/C20H23N5OS/c1-20(2,3)16-12-17(25(4)24-16)23-19(26)22-15-7-5-6-14(18(15)27)13-8-10-21-11-9-13/h5-12,27H,1-4H3,(H2,22,23,26). The number of carbonyl (C=O) groups excluding carboxylic acids is 1. The second kappa shape index (κ2) is 7.44. The van der Waals surface area contributed by atoms with Crippen molar-refractivity contribution in [1.82, 2.24) is 14.8 Å². The van der Waals surface area contributed by atoms with Crippen molar-refractivity contribution in [3.05, 3.63) is 54.5 Å². The lowest BCUT2D eigenvalue weighted by Crippen LogP contribution is -2.21. The van der Waals surface area contributed by atoms with Crippen LogP contribution in [0.4, 0.5) is 16.3 Å². The zero-order chi connectivity index (χ0) is 19.6. The molecule has 0 aliphatic carbocycles. The van der Waals surface area contributed by atoms with E-state index in [2.05, 4.69) is 54.1 Å². The number of anilines is 2. The van der Waals surface area contributed by atoms with Crippen molar-refractivity contribution in [2.45, 2.75) is 31.1 Å². The molecule has 0 unspecified atom stereocenters. The van der Waals surface area contributed by atoms with E-state index in [1.54, 1.807) is 24.1 Å². The first-order chi connectivity index (χ1) is 12.8. The molecule has 0 radical (unpaired) electrons. The fourth-order valence-corrected chi connectivity index (χ4v) is 2.96. The maximum atomic E-state index is 12.5. The van der Waals surface area contributed by atoms with Crippen LogP contribution in [-0.4, -0.2) is 20.8 Å². The van der Waals surface area contributed by atoms with Crippen LogP contribution in [0.15, 0.2) is 53.7 Å². The number of hydrogen-bond acceptors (Lipinski definition) is 4. The van der Waals surface area contributed by atoms with Crippen LogP contribution in [-0.2, 0) is 12.5 Å². The Morgan fingerprint density at radius 3 is 2.44 bits per heavy atom. The molecule has 0 spiro atoms. The molecule has 0 aliphatic heterocycles. The largest absolute Gasteiger partial charge is 0.324 e. The van der Waals surface area contributed by atoms with Crippen molar-refractivity contribution in [2.75, 3.05) is 10.6 Å². The second-order valence-electron chi connectivity index (χ2n) is 7.31. The zero-order valence-electron chi connectivity index (χ0n) is 15.8. The summed E-state index contributed by atoms with van der Waals surface area (Å²) in [5.74, 6) is 0.628. The molecule has 2 aromatic heterocycles. The number of aromatic nitrogens is 3. The van der Waals surface area contributed by atoms with Crippen molar-refractivity contribution in [3.8, 4) is 11.1 Å². The van der Waals surface area contributed by atoms with E-state index >= 15 is 0 Å². The number of nitrogens with zero attached hydrogens (tertiary/aromatic N) is 3. The van der Waals surface area contributed by atoms with E-state index in [0.717, 1.165) is 16.8 Å². The highest BCUT2D eigenvalue weighted by atomic mass is 32.1. The summed E-state index contributed by atoms with van der Waals surface area (Å²) < 4.78 is 1.66. The lowest BCUT2D eigenvalue weighted by atomic mass is 9.92. The molecule has 1 aromatic carbocycles. The van der Waals surface area contributed by atoms with Gasteiger partial charge < -0.3 is 5.32 Å². The minimum absolute atomic E-state index is 0.0920. The van der Waals surface area contributed by atoms with Crippen molar-refractivity contribution in [1.29, 1.82) is 0 Å². The number of amides is 2. The molecule has 2 heterocycles. The predicted molar refractivity (Wildman–Crippen MR) is 111 cm³/mol. The molecular weight excluding hydrogens is 358 g/mol. The van der Waals surface area contributed by atoms with Gasteiger partial charge in [-0.05, 0) is 29.3 Å². The Kier molecular flexibility index (Phi) is 5.23. The van der Waals surface area contributed by atoms with Gasteiger partial charge in [-0.15, -0.1) is 12.6 Å². The fraction of sp³-hybridized carbons (Fsp3) is 0.250. The number of thiol groups is 1. The summed E-state index contributed by atoms with van der Waals surface area (Å²) in [6.07, 6.45) is 3.45. The third-order valence-corrected chi connectivity index (χ3v) is 4.65. The van der Waals surface area contributed by atoms with E-state index in [1.165, 1.54) is 0 Å². The molecule has 0 saturated heterocycles. The van der Waals surface area contributed by atoms with E-state index in [0.29, 0.717) is 16.4 Å². The van der Waals surface area contributed by atoms with Gasteiger partial charge in [-0.3, -0.25) is 15.0 Å². The molecule has 7 heteroatoms. The average Bonchev–Trinajstić information content (AvgIpc) is 2.98. The molecule has 0 bridgehead atoms. The number of carbonyl (C=O) groups is 1. The van der Waals surface area contributed by atoms with Crippen LogP contribution in [0.25, 0.3) is 11.1 Å². The summed E-state index contributed by atoms with van der Waals surface area (Å²) in [7, 11) is 1.80. The quantitative estimate of drug-likeness (QED) is 0.575. The van der Waals surface area contributed by atoms with Gasteiger partial charge in [0.2, 0.25) is 0 Å². The fourth-order valence-electron chi connectivity index (χ4n) is 2.63. The lowest BCUT2D eigenvalue weighted by molar-refractivity contribution is 0.262. The molecule has 27 heavy (non-hydrogen) atoms. The Morgan fingerprint density at radius 2 is 1.81 bits per heavy atom. The van der Waals surface area contributed by atoms with Crippen molar-refractivity contribution in [2.24, 2.45) is 7.05 Å². The summed E-state index contributed by atoms with van der Waals surface area (Å²) in [5.41, 5.74) is 3.36. The Labute approximate surface area is 164 Å². The summed E-state index contributed by atoms with van der Waals surface area (Å²) in [5, 5.41) is 10.2. The number of aryl methyl sites for hydroxylation is 1. The van der Waals surface area contributed by atoms with Crippen molar-refractivity contribution >= 4 is 30.2 Å². The van der Waals surface area contributed by atoms with Gasteiger partial charge in [0.1, 0.15) is 5.82 Å². The Hall–Kier alpha value is -2.80. The van der Waals surface area contributed by atoms with Crippen molar-refractivity contribution < 1.29 is 4.79 Å². The van der Waals surface area contributed by atoms with Gasteiger partial charge in [0.25, 0.3) is 0 Å². The SMILES string of the molecule is Cn1nc(C(C)(C)C)cc1NC(=O)Nc1cccc(-c2ccncc2)c1S. The number of urea groups is 1. The maximum Gasteiger partial charge on any atom is 0.324 e. The smallest absolute Gasteiger partial charge is 0.307 e. The number of nitrogens with one attached hydrogen (secondary N) is 2. The monoisotopic (exact) mass is 381 g/mol. The molecule has 0 fully saturated rings. The maximum absolute atomic E-state index is 12.5. The summed E-state index contributed by atoms with van der Waals surface area (Å²) >= 11 is 4.61. The molecule has 0 saturated carbocycles. The third-order valence-electron chi connectivity index (χ3n) is 4.17. The van der Waals surface area contributed by atoms with Gasteiger partial charge in [0.15, 0.2) is 0 Å². The lowest BCUT2D eigenvalue weighted by Gasteiger charge is -2.13. The third kappa shape index (κ3) is 4.31. The summed E-state index contributed by atoms with van der Waals surface area (Å²) in [6.45, 7) is 6.24. The minimum atomic E-state index is -0.347. The van der Waals surface area contributed by atoms with Crippen LogP contribution in [0, 0.1) is 0 Å². The van der Waals surface area contributed by atoms with Crippen LogP contribution in [0.5, 0.6) is 0 Å². The van der Waals surface area contributed by atoms with Crippen LogP contribution in [0.3, 0.4) is 0 Å². The first kappa shape index (κ1) is 19.0. The molecule has 0 atom stereocenters. The Balaban J connectivity index is 1.78. The number of rotatable bonds is 3. The summed E-state index contributed by atoms with van der Waals surface area (Å²) in [4.78, 5) is 17.2. The van der Waals surface area contributed by atoms with E-state index in [1.807, 2.05) is 36.4 Å². The molecular formula is C20H23N5OS. The molecule has 2 amide bonds. The summed E-state index contributed by atoms with van der Waals surface area (Å²) in [6, 6.07) is 11.0. The number of benzene rings is 1. The van der Waals surface area contributed by atoms with Gasteiger partial charge in [0, 0.05) is 35.8 Å². The van der Waals surface area contributed by atoms with E-state index < -0.39 is 0 Å². The van der Waals surface area contributed by atoms with E-state index in [9.17, 15) is 4.79 Å². The zero-order valence-corrected chi connectivity index (χ0v) is 16.7. The highest BCUT2D eigenvalue weighted by Gasteiger charge is 2.20. The average molecular weight is 382 g/mol. The van der Waals surface area contributed by atoms with Crippen molar-refractivity contribution in [3.63, 3.8) is 0 Å². The molecule has 0 aliphatic rings. The normalized spacial score (nSPS) is 11.3. The van der Waals surface area contributed by atoms with Crippen LogP contribution in [0.1, 0.15) is 26.5 Å². The first-order valence-electron chi connectivity index (χ1n) is 8.60. The van der Waals surface area contributed by atoms with Gasteiger partial charge in [0.05, 0.1) is 11.4 Å². The molecule has 3 aromatic rings. The molecule has 3 rings (SSSR count). The van der Waals surface area contributed by atoms with Gasteiger partial charge in [-0.25, -0.2) is 4.79 Å². The molecule has 2 N–H and O–H groups in total. The van der Waals surface area contributed by atoms with Gasteiger partial charge >= 0.3 is 6.03 Å².